The molecule has 0 heterocycles. The Kier molecular flexibility index (Phi) is 7.02. The summed E-state index contributed by atoms with van der Waals surface area (Å²) in [6.07, 6.45) is 0.974. The molecule has 0 bridgehead atoms. The summed E-state index contributed by atoms with van der Waals surface area (Å²) >= 11 is 0. The van der Waals surface area contributed by atoms with Crippen LogP contribution in [0.15, 0.2) is 18.2 Å². The van der Waals surface area contributed by atoms with Crippen LogP contribution in [0.5, 0.6) is 11.5 Å². The highest BCUT2D eigenvalue weighted by molar-refractivity contribution is 5.72. The highest BCUT2D eigenvalue weighted by atomic mass is 16.5. The predicted octanol–water partition coefficient (Wildman–Crippen LogP) is 2.68. The summed E-state index contributed by atoms with van der Waals surface area (Å²) in [6.45, 7) is 7.02. The van der Waals surface area contributed by atoms with E-state index in [4.69, 9.17) is 14.6 Å². The predicted molar refractivity (Wildman–Crippen MR) is 81.9 cm³/mol. The number of hydrogen-bond acceptors (Lipinski definition) is 4. The van der Waals surface area contributed by atoms with Crippen LogP contribution in [-0.2, 0) is 11.3 Å². The molecule has 5 nitrogen and oxygen atoms in total. The van der Waals surface area contributed by atoms with E-state index in [1.165, 1.54) is 0 Å². The maximum atomic E-state index is 10.8. The zero-order valence-electron chi connectivity index (χ0n) is 13.2. The van der Waals surface area contributed by atoms with Crippen LogP contribution < -0.4 is 14.8 Å². The van der Waals surface area contributed by atoms with E-state index >= 15 is 0 Å². The number of aliphatic carboxylic acids is 1. The molecule has 0 radical (unpaired) electrons. The average molecular weight is 295 g/mol. The van der Waals surface area contributed by atoms with E-state index in [9.17, 15) is 4.79 Å². The number of benzene rings is 1. The van der Waals surface area contributed by atoms with E-state index in [0.717, 1.165) is 12.0 Å². The minimum absolute atomic E-state index is 0.470. The Bertz CT molecular complexity index is 460. The molecular weight excluding hydrogens is 270 g/mol. The minimum atomic E-state index is -0.864. The SMILES string of the molecule is COc1ccc(CNC(C)C(=O)O)cc1OCCC(C)C. The van der Waals surface area contributed by atoms with Gasteiger partial charge < -0.3 is 19.9 Å². The van der Waals surface area contributed by atoms with Crippen molar-refractivity contribution in [3.8, 4) is 11.5 Å². The lowest BCUT2D eigenvalue weighted by Gasteiger charge is -2.14. The molecule has 1 atom stereocenters. The molecule has 1 aromatic rings. The van der Waals surface area contributed by atoms with Gasteiger partial charge in [-0.1, -0.05) is 19.9 Å². The van der Waals surface area contributed by atoms with E-state index in [1.807, 2.05) is 18.2 Å². The van der Waals surface area contributed by atoms with Crippen LogP contribution >= 0.6 is 0 Å². The largest absolute Gasteiger partial charge is 0.493 e. The normalized spacial score (nSPS) is 12.2. The molecule has 1 unspecified atom stereocenters. The number of rotatable bonds is 9. The van der Waals surface area contributed by atoms with Crippen LogP contribution in [0, 0.1) is 5.92 Å². The quantitative estimate of drug-likeness (QED) is 0.733. The summed E-state index contributed by atoms with van der Waals surface area (Å²) in [5, 5.41) is 11.8. The van der Waals surface area contributed by atoms with Gasteiger partial charge in [0.25, 0.3) is 0 Å². The second-order valence-electron chi connectivity index (χ2n) is 5.46. The monoisotopic (exact) mass is 295 g/mol. The van der Waals surface area contributed by atoms with Crippen LogP contribution in [-0.4, -0.2) is 30.8 Å². The van der Waals surface area contributed by atoms with Gasteiger partial charge in [0.05, 0.1) is 13.7 Å². The highest BCUT2D eigenvalue weighted by Gasteiger charge is 2.11. The van der Waals surface area contributed by atoms with Gasteiger partial charge in [0, 0.05) is 6.54 Å². The molecule has 0 saturated carbocycles. The summed E-state index contributed by atoms with van der Waals surface area (Å²) in [7, 11) is 1.61. The first kappa shape index (κ1) is 17.3. The maximum Gasteiger partial charge on any atom is 0.320 e. The molecule has 21 heavy (non-hydrogen) atoms. The van der Waals surface area contributed by atoms with E-state index in [-0.39, 0.29) is 0 Å². The number of nitrogens with one attached hydrogen (secondary N) is 1. The Morgan fingerprint density at radius 1 is 1.29 bits per heavy atom. The van der Waals surface area contributed by atoms with E-state index < -0.39 is 12.0 Å². The molecule has 1 aromatic carbocycles. The third-order valence-electron chi connectivity index (χ3n) is 3.16. The minimum Gasteiger partial charge on any atom is -0.493 e. The average Bonchev–Trinajstić information content (AvgIpc) is 2.44. The van der Waals surface area contributed by atoms with Gasteiger partial charge in [0.1, 0.15) is 6.04 Å². The van der Waals surface area contributed by atoms with Gasteiger partial charge >= 0.3 is 5.97 Å². The standard InChI is InChI=1S/C16H25NO4/c1-11(2)7-8-21-15-9-13(5-6-14(15)20-4)10-17-12(3)16(18)19/h5-6,9,11-12,17H,7-8,10H2,1-4H3,(H,18,19). The van der Waals surface area contributed by atoms with Crippen molar-refractivity contribution in [3.05, 3.63) is 23.8 Å². The number of carboxylic acid groups (broad SMARTS) is 1. The third kappa shape index (κ3) is 6.04. The van der Waals surface area contributed by atoms with Gasteiger partial charge in [-0.25, -0.2) is 0 Å². The molecule has 1 rings (SSSR count). The molecule has 5 heteroatoms. The van der Waals surface area contributed by atoms with Gasteiger partial charge in [-0.05, 0) is 37.0 Å². The van der Waals surface area contributed by atoms with Crippen molar-refractivity contribution in [2.45, 2.75) is 39.8 Å². The van der Waals surface area contributed by atoms with E-state index in [2.05, 4.69) is 19.2 Å². The molecule has 0 amide bonds. The van der Waals surface area contributed by atoms with Gasteiger partial charge in [-0.2, -0.15) is 0 Å². The van der Waals surface area contributed by atoms with Crippen molar-refractivity contribution in [1.82, 2.24) is 5.32 Å². The first-order valence-corrected chi connectivity index (χ1v) is 7.20. The first-order chi connectivity index (χ1) is 9.93. The van der Waals surface area contributed by atoms with Crippen LogP contribution in [0.3, 0.4) is 0 Å². The van der Waals surface area contributed by atoms with Gasteiger partial charge in [0.2, 0.25) is 0 Å². The molecule has 2 N–H and O–H groups in total. The molecule has 0 fully saturated rings. The summed E-state index contributed by atoms with van der Waals surface area (Å²) in [5.74, 6) is 1.10. The van der Waals surface area contributed by atoms with E-state index in [1.54, 1.807) is 14.0 Å². The molecule has 0 spiro atoms. The van der Waals surface area contributed by atoms with Crippen molar-refractivity contribution in [2.24, 2.45) is 5.92 Å². The second kappa shape index (κ2) is 8.52. The van der Waals surface area contributed by atoms with Gasteiger partial charge in [-0.3, -0.25) is 4.79 Å². The molecule has 0 saturated heterocycles. The van der Waals surface area contributed by atoms with Crippen molar-refractivity contribution in [3.63, 3.8) is 0 Å². The Hall–Kier alpha value is -1.75. The Morgan fingerprint density at radius 2 is 2.00 bits per heavy atom. The molecule has 0 aromatic heterocycles. The Morgan fingerprint density at radius 3 is 2.57 bits per heavy atom. The van der Waals surface area contributed by atoms with Crippen molar-refractivity contribution >= 4 is 5.97 Å². The number of carbonyl (C=O) groups is 1. The summed E-state index contributed by atoms with van der Waals surface area (Å²) in [5.41, 5.74) is 0.962. The third-order valence-corrected chi connectivity index (χ3v) is 3.16. The fourth-order valence-electron chi connectivity index (χ4n) is 1.71. The lowest BCUT2D eigenvalue weighted by molar-refractivity contribution is -0.139. The highest BCUT2D eigenvalue weighted by Crippen LogP contribution is 2.28. The topological polar surface area (TPSA) is 67.8 Å². The number of hydrogen-bond donors (Lipinski definition) is 2. The molecule has 0 aliphatic carbocycles. The second-order valence-corrected chi connectivity index (χ2v) is 5.46. The van der Waals surface area contributed by atoms with Crippen molar-refractivity contribution in [1.29, 1.82) is 0 Å². The first-order valence-electron chi connectivity index (χ1n) is 7.20. The van der Waals surface area contributed by atoms with Gasteiger partial charge in [-0.15, -0.1) is 0 Å². The molecule has 0 aliphatic rings. The van der Waals surface area contributed by atoms with Crippen LogP contribution in [0.4, 0.5) is 0 Å². The summed E-state index contributed by atoms with van der Waals surface area (Å²) in [6, 6.07) is 5.04. The maximum absolute atomic E-state index is 10.8. The summed E-state index contributed by atoms with van der Waals surface area (Å²) in [4.78, 5) is 10.8. The number of carboxylic acids is 1. The fraction of sp³-hybridized carbons (Fsp3) is 0.562. The zero-order chi connectivity index (χ0) is 15.8. The smallest absolute Gasteiger partial charge is 0.320 e. The van der Waals surface area contributed by atoms with E-state index in [0.29, 0.717) is 30.6 Å². The molecule has 118 valence electrons. The van der Waals surface area contributed by atoms with Crippen molar-refractivity contribution < 1.29 is 19.4 Å². The Balaban J connectivity index is 2.67. The molecular formula is C16H25NO4. The van der Waals surface area contributed by atoms with Crippen LogP contribution in [0.1, 0.15) is 32.8 Å². The lowest BCUT2D eigenvalue weighted by atomic mass is 10.1. The zero-order valence-corrected chi connectivity index (χ0v) is 13.2. The Labute approximate surface area is 126 Å². The van der Waals surface area contributed by atoms with Crippen molar-refractivity contribution in [2.75, 3.05) is 13.7 Å². The fourth-order valence-corrected chi connectivity index (χ4v) is 1.71. The number of methoxy groups -OCH3 is 1. The van der Waals surface area contributed by atoms with Gasteiger partial charge in [0.15, 0.2) is 11.5 Å². The van der Waals surface area contributed by atoms with Crippen LogP contribution in [0.2, 0.25) is 0 Å². The number of ether oxygens (including phenoxy) is 2. The molecule has 0 aliphatic heterocycles. The van der Waals surface area contributed by atoms with Crippen LogP contribution in [0.25, 0.3) is 0 Å². The summed E-state index contributed by atoms with van der Waals surface area (Å²) < 4.78 is 11.0. The lowest BCUT2D eigenvalue weighted by Crippen LogP contribution is -2.33.